The van der Waals surface area contributed by atoms with E-state index in [0.29, 0.717) is 6.42 Å². The lowest BCUT2D eigenvalue weighted by molar-refractivity contribution is 0.0866. The number of aromatic nitrogens is 1. The van der Waals surface area contributed by atoms with Crippen LogP contribution in [0.1, 0.15) is 37.6 Å². The highest BCUT2D eigenvalue weighted by molar-refractivity contribution is 5.96. The van der Waals surface area contributed by atoms with Gasteiger partial charge in [0.15, 0.2) is 0 Å². The Kier molecular flexibility index (Phi) is 4.67. The number of amides is 1. The number of nitrogens with zero attached hydrogens (tertiary/aromatic N) is 1. The maximum atomic E-state index is 11.7. The Morgan fingerprint density at radius 2 is 2.17 bits per heavy atom. The molecular formula is C13H20N2O3. The van der Waals surface area contributed by atoms with Crippen LogP contribution in [0.5, 0.6) is 5.75 Å². The number of rotatable bonds is 4. The Balaban J connectivity index is 2.50. The van der Waals surface area contributed by atoms with Crippen LogP contribution in [0.15, 0.2) is 18.5 Å². The fourth-order valence-electron chi connectivity index (χ4n) is 1.66. The van der Waals surface area contributed by atoms with E-state index in [2.05, 4.69) is 10.3 Å². The molecule has 3 N–H and O–H groups in total. The molecule has 0 aliphatic rings. The van der Waals surface area contributed by atoms with Crippen LogP contribution in [0.25, 0.3) is 0 Å². The number of hydrogen-bond acceptors (Lipinski definition) is 4. The lowest BCUT2D eigenvalue weighted by Crippen LogP contribution is -2.34. The van der Waals surface area contributed by atoms with E-state index >= 15 is 0 Å². The summed E-state index contributed by atoms with van der Waals surface area (Å²) in [5.41, 5.74) is 0.163. The minimum absolute atomic E-state index is 0.00293. The quantitative estimate of drug-likeness (QED) is 0.754. The van der Waals surface area contributed by atoms with E-state index in [-0.39, 0.29) is 23.3 Å². The van der Waals surface area contributed by atoms with E-state index in [4.69, 9.17) is 0 Å². The molecule has 1 heterocycles. The Morgan fingerprint density at radius 1 is 1.50 bits per heavy atom. The maximum Gasteiger partial charge on any atom is 0.255 e. The van der Waals surface area contributed by atoms with Gasteiger partial charge < -0.3 is 15.5 Å². The average Bonchev–Trinajstić information content (AvgIpc) is 2.24. The van der Waals surface area contributed by atoms with Crippen molar-refractivity contribution in [2.24, 2.45) is 5.41 Å². The summed E-state index contributed by atoms with van der Waals surface area (Å²) in [5, 5.41) is 21.8. The van der Waals surface area contributed by atoms with Crippen molar-refractivity contribution in [3.8, 4) is 5.75 Å². The summed E-state index contributed by atoms with van der Waals surface area (Å²) in [4.78, 5) is 15.4. The topological polar surface area (TPSA) is 82.5 Å². The summed E-state index contributed by atoms with van der Waals surface area (Å²) in [6.07, 6.45) is 2.63. The standard InChI is InChI=1S/C13H20N2O3/c1-13(2,3)6-9(16)7-15-12(18)10-4-5-14-8-11(10)17/h4-5,8-9,16-17H,6-7H2,1-3H3,(H,15,18). The van der Waals surface area contributed by atoms with Crippen molar-refractivity contribution in [3.05, 3.63) is 24.0 Å². The molecule has 1 aromatic heterocycles. The summed E-state index contributed by atoms with van der Waals surface area (Å²) in [6.45, 7) is 6.23. The molecule has 5 nitrogen and oxygen atoms in total. The molecule has 1 rings (SSSR count). The van der Waals surface area contributed by atoms with Gasteiger partial charge in [0.05, 0.1) is 17.9 Å². The molecule has 0 saturated heterocycles. The van der Waals surface area contributed by atoms with Gasteiger partial charge in [0.25, 0.3) is 5.91 Å². The second-order valence-corrected chi connectivity index (χ2v) is 5.52. The highest BCUT2D eigenvalue weighted by atomic mass is 16.3. The second-order valence-electron chi connectivity index (χ2n) is 5.52. The predicted octanol–water partition coefficient (Wildman–Crippen LogP) is 1.31. The summed E-state index contributed by atoms with van der Waals surface area (Å²) >= 11 is 0. The molecule has 0 radical (unpaired) electrons. The van der Waals surface area contributed by atoms with Crippen LogP contribution in [0.4, 0.5) is 0 Å². The fraction of sp³-hybridized carbons (Fsp3) is 0.538. The molecule has 1 unspecified atom stereocenters. The Hall–Kier alpha value is -1.62. The lowest BCUT2D eigenvalue weighted by Gasteiger charge is -2.22. The summed E-state index contributed by atoms with van der Waals surface area (Å²) in [5.74, 6) is -0.580. The molecule has 1 atom stereocenters. The third-order valence-electron chi connectivity index (χ3n) is 2.39. The fourth-order valence-corrected chi connectivity index (χ4v) is 1.66. The Labute approximate surface area is 107 Å². The Bertz CT molecular complexity index is 413. The van der Waals surface area contributed by atoms with Gasteiger partial charge in [-0.1, -0.05) is 20.8 Å². The summed E-state index contributed by atoms with van der Waals surface area (Å²) < 4.78 is 0. The Morgan fingerprint density at radius 3 is 2.72 bits per heavy atom. The van der Waals surface area contributed by atoms with Gasteiger partial charge in [-0.15, -0.1) is 0 Å². The number of aliphatic hydroxyl groups is 1. The van der Waals surface area contributed by atoms with E-state index in [1.807, 2.05) is 20.8 Å². The third-order valence-corrected chi connectivity index (χ3v) is 2.39. The van der Waals surface area contributed by atoms with E-state index < -0.39 is 12.0 Å². The molecule has 1 amide bonds. The van der Waals surface area contributed by atoms with E-state index in [9.17, 15) is 15.0 Å². The molecule has 0 bridgehead atoms. The normalized spacial score (nSPS) is 13.1. The average molecular weight is 252 g/mol. The van der Waals surface area contributed by atoms with Gasteiger partial charge in [-0.2, -0.15) is 0 Å². The second kappa shape index (κ2) is 5.82. The first-order valence-electron chi connectivity index (χ1n) is 5.89. The van der Waals surface area contributed by atoms with Crippen LogP contribution in [0.2, 0.25) is 0 Å². The first kappa shape index (κ1) is 14.4. The number of carbonyl (C=O) groups is 1. The number of hydrogen-bond donors (Lipinski definition) is 3. The number of nitrogens with one attached hydrogen (secondary N) is 1. The van der Waals surface area contributed by atoms with Crippen LogP contribution >= 0.6 is 0 Å². The summed E-state index contributed by atoms with van der Waals surface area (Å²) in [7, 11) is 0. The van der Waals surface area contributed by atoms with Crippen LogP contribution in [-0.2, 0) is 0 Å². The molecule has 0 aromatic carbocycles. The van der Waals surface area contributed by atoms with Gasteiger partial charge in [0.1, 0.15) is 5.75 Å². The van der Waals surface area contributed by atoms with Gasteiger partial charge in [0.2, 0.25) is 0 Å². The summed E-state index contributed by atoms with van der Waals surface area (Å²) in [6, 6.07) is 1.43. The van der Waals surface area contributed by atoms with Crippen LogP contribution in [0.3, 0.4) is 0 Å². The minimum atomic E-state index is -0.599. The predicted molar refractivity (Wildman–Crippen MR) is 68.3 cm³/mol. The molecular weight excluding hydrogens is 232 g/mol. The van der Waals surface area contributed by atoms with Crippen LogP contribution in [-0.4, -0.2) is 33.8 Å². The first-order valence-corrected chi connectivity index (χ1v) is 5.89. The molecule has 0 aliphatic carbocycles. The van der Waals surface area contributed by atoms with Gasteiger partial charge >= 0.3 is 0 Å². The van der Waals surface area contributed by atoms with Gasteiger partial charge in [-0.25, -0.2) is 0 Å². The molecule has 0 saturated carbocycles. The molecule has 0 fully saturated rings. The SMILES string of the molecule is CC(C)(C)CC(O)CNC(=O)c1ccncc1O. The highest BCUT2D eigenvalue weighted by Crippen LogP contribution is 2.20. The largest absolute Gasteiger partial charge is 0.505 e. The number of carbonyl (C=O) groups excluding carboxylic acids is 1. The molecule has 0 spiro atoms. The molecule has 0 aliphatic heterocycles. The van der Waals surface area contributed by atoms with Crippen molar-refractivity contribution < 1.29 is 15.0 Å². The zero-order valence-corrected chi connectivity index (χ0v) is 11.0. The van der Waals surface area contributed by atoms with Crippen molar-refractivity contribution in [3.63, 3.8) is 0 Å². The van der Waals surface area contributed by atoms with Crippen LogP contribution < -0.4 is 5.32 Å². The van der Waals surface area contributed by atoms with E-state index in [1.54, 1.807) is 0 Å². The van der Waals surface area contributed by atoms with Gasteiger partial charge in [0, 0.05) is 12.7 Å². The van der Waals surface area contributed by atoms with E-state index in [1.165, 1.54) is 18.5 Å². The third kappa shape index (κ3) is 4.71. The lowest BCUT2D eigenvalue weighted by atomic mass is 9.89. The smallest absolute Gasteiger partial charge is 0.255 e. The van der Waals surface area contributed by atoms with Crippen molar-refractivity contribution in [2.45, 2.75) is 33.3 Å². The minimum Gasteiger partial charge on any atom is -0.505 e. The zero-order chi connectivity index (χ0) is 13.8. The molecule has 100 valence electrons. The van der Waals surface area contributed by atoms with E-state index in [0.717, 1.165) is 0 Å². The highest BCUT2D eigenvalue weighted by Gasteiger charge is 2.18. The molecule has 1 aromatic rings. The van der Waals surface area contributed by atoms with Crippen molar-refractivity contribution in [1.82, 2.24) is 10.3 Å². The van der Waals surface area contributed by atoms with Gasteiger partial charge in [-0.05, 0) is 17.9 Å². The maximum absolute atomic E-state index is 11.7. The first-order chi connectivity index (χ1) is 8.29. The van der Waals surface area contributed by atoms with Crippen molar-refractivity contribution in [2.75, 3.05) is 6.54 Å². The molecule has 18 heavy (non-hydrogen) atoms. The zero-order valence-electron chi connectivity index (χ0n) is 11.0. The number of aliphatic hydroxyl groups excluding tert-OH is 1. The number of pyridine rings is 1. The monoisotopic (exact) mass is 252 g/mol. The molecule has 5 heteroatoms. The van der Waals surface area contributed by atoms with Crippen LogP contribution in [0, 0.1) is 5.41 Å². The number of aromatic hydroxyl groups is 1. The van der Waals surface area contributed by atoms with Gasteiger partial charge in [-0.3, -0.25) is 9.78 Å². The van der Waals surface area contributed by atoms with Crippen molar-refractivity contribution >= 4 is 5.91 Å². The van der Waals surface area contributed by atoms with Crippen molar-refractivity contribution in [1.29, 1.82) is 0 Å².